The summed E-state index contributed by atoms with van der Waals surface area (Å²) in [5.41, 5.74) is 4.25. The normalized spacial score (nSPS) is 28.6. The van der Waals surface area contributed by atoms with Gasteiger partial charge in [-0.2, -0.15) is 5.48 Å². The van der Waals surface area contributed by atoms with Gasteiger partial charge >= 0.3 is 0 Å². The Hall–Kier alpha value is -1.73. The summed E-state index contributed by atoms with van der Waals surface area (Å²) in [4.78, 5) is 8.22. The Kier molecular flexibility index (Phi) is 4.84. The highest BCUT2D eigenvalue weighted by Gasteiger charge is 2.64. The number of hydrogen-bond donors (Lipinski definition) is 1. The number of likely N-dealkylation sites (tertiary alicyclic amines) is 1. The molecule has 6 heteroatoms. The van der Waals surface area contributed by atoms with Crippen molar-refractivity contribution in [1.82, 2.24) is 10.4 Å². The van der Waals surface area contributed by atoms with Crippen LogP contribution >= 0.6 is 0 Å². The smallest absolute Gasteiger partial charge is 0.189 e. The first kappa shape index (κ1) is 18.6. The molecule has 2 aliphatic heterocycles. The second kappa shape index (κ2) is 7.02. The summed E-state index contributed by atoms with van der Waals surface area (Å²) in [6, 6.07) is 18.8. The molecule has 2 aromatic rings. The topological polar surface area (TPSA) is 58.6 Å². The number of sulfone groups is 1. The second-order valence-corrected chi connectivity index (χ2v) is 10.2. The van der Waals surface area contributed by atoms with Gasteiger partial charge in [0.05, 0.1) is 17.5 Å². The lowest BCUT2D eigenvalue weighted by Gasteiger charge is -2.30. The summed E-state index contributed by atoms with van der Waals surface area (Å²) in [7, 11) is -3.56. The van der Waals surface area contributed by atoms with E-state index >= 15 is 0 Å². The number of hydrogen-bond acceptors (Lipinski definition) is 5. The maximum absolute atomic E-state index is 13.7. The summed E-state index contributed by atoms with van der Waals surface area (Å²) < 4.78 is 26.3. The van der Waals surface area contributed by atoms with Gasteiger partial charge in [0.25, 0.3) is 0 Å². The SMILES string of the molecule is CC(C)[C@H]1[C@@H]2NOC[C@]2(S(=O)(=O)c2ccccc2)CN1Cc1ccccc1. The van der Waals surface area contributed by atoms with Gasteiger partial charge in [-0.15, -0.1) is 0 Å². The average molecular weight is 387 g/mol. The minimum Gasteiger partial charge on any atom is -0.300 e. The molecule has 3 atom stereocenters. The first-order chi connectivity index (χ1) is 13.0. The van der Waals surface area contributed by atoms with Crippen molar-refractivity contribution in [3.63, 3.8) is 0 Å². The molecule has 2 saturated heterocycles. The molecule has 0 radical (unpaired) electrons. The molecule has 0 spiro atoms. The van der Waals surface area contributed by atoms with Crippen LogP contribution in [0.15, 0.2) is 65.6 Å². The van der Waals surface area contributed by atoms with E-state index in [9.17, 15) is 8.42 Å². The molecule has 2 aromatic carbocycles. The zero-order chi connectivity index (χ0) is 19.1. The average Bonchev–Trinajstić information content (AvgIpc) is 3.20. The molecule has 1 N–H and O–H groups in total. The number of nitrogens with one attached hydrogen (secondary N) is 1. The van der Waals surface area contributed by atoms with Crippen LogP contribution < -0.4 is 5.48 Å². The molecule has 0 bridgehead atoms. The van der Waals surface area contributed by atoms with E-state index in [0.29, 0.717) is 17.4 Å². The third-order valence-corrected chi connectivity index (χ3v) is 8.29. The van der Waals surface area contributed by atoms with Gasteiger partial charge in [0.2, 0.25) is 0 Å². The van der Waals surface area contributed by atoms with Gasteiger partial charge in [0.1, 0.15) is 4.75 Å². The van der Waals surface area contributed by atoms with Crippen molar-refractivity contribution in [3.8, 4) is 0 Å². The van der Waals surface area contributed by atoms with Crippen molar-refractivity contribution < 1.29 is 13.3 Å². The van der Waals surface area contributed by atoms with Crippen molar-refractivity contribution in [2.45, 2.75) is 42.1 Å². The van der Waals surface area contributed by atoms with Crippen molar-refractivity contribution in [3.05, 3.63) is 66.2 Å². The van der Waals surface area contributed by atoms with E-state index in [1.165, 1.54) is 5.56 Å². The fourth-order valence-electron chi connectivity index (χ4n) is 4.59. The molecular weight excluding hydrogens is 360 g/mol. The van der Waals surface area contributed by atoms with Crippen LogP contribution in [-0.2, 0) is 21.2 Å². The number of nitrogens with zero attached hydrogens (tertiary/aromatic N) is 1. The minimum atomic E-state index is -3.56. The highest BCUT2D eigenvalue weighted by molar-refractivity contribution is 7.93. The van der Waals surface area contributed by atoms with Gasteiger partial charge < -0.3 is 0 Å². The van der Waals surface area contributed by atoms with Crippen LogP contribution in [0.4, 0.5) is 0 Å². The summed E-state index contributed by atoms with van der Waals surface area (Å²) in [5.74, 6) is 0.292. The molecule has 5 nitrogen and oxygen atoms in total. The van der Waals surface area contributed by atoms with Crippen molar-refractivity contribution in [2.24, 2.45) is 5.92 Å². The minimum absolute atomic E-state index is 0.0752. The maximum Gasteiger partial charge on any atom is 0.189 e. The van der Waals surface area contributed by atoms with Gasteiger partial charge in [-0.1, -0.05) is 62.4 Å². The highest BCUT2D eigenvalue weighted by atomic mass is 32.2. The van der Waals surface area contributed by atoms with Gasteiger partial charge in [-0.05, 0) is 23.6 Å². The van der Waals surface area contributed by atoms with Crippen molar-refractivity contribution in [1.29, 1.82) is 0 Å². The maximum atomic E-state index is 13.7. The largest absolute Gasteiger partial charge is 0.300 e. The van der Waals surface area contributed by atoms with E-state index < -0.39 is 14.6 Å². The lowest BCUT2D eigenvalue weighted by Crippen LogP contribution is -2.53. The quantitative estimate of drug-likeness (QED) is 0.856. The number of rotatable bonds is 5. The fraction of sp³-hybridized carbons (Fsp3) is 0.429. The number of hydroxylamine groups is 1. The highest BCUT2D eigenvalue weighted by Crippen LogP contribution is 2.43. The standard InChI is InChI=1S/C21H26N2O3S/c1-16(2)19-20-21(15-26-22-20,27(24,25)18-11-7-4-8-12-18)14-23(19)13-17-9-5-3-6-10-17/h3-12,16,19-20,22H,13-15H2,1-2H3/t19-,20-,21+/m0/s1. The van der Waals surface area contributed by atoms with Crippen molar-refractivity contribution >= 4 is 9.84 Å². The van der Waals surface area contributed by atoms with Crippen LogP contribution in [0, 0.1) is 5.92 Å². The van der Waals surface area contributed by atoms with Gasteiger partial charge in [-0.25, -0.2) is 8.42 Å². The van der Waals surface area contributed by atoms with Crippen LogP contribution in [-0.4, -0.2) is 43.3 Å². The van der Waals surface area contributed by atoms with E-state index in [-0.39, 0.29) is 18.7 Å². The van der Waals surface area contributed by atoms with E-state index in [1.54, 1.807) is 24.3 Å². The molecule has 0 aliphatic carbocycles. The summed E-state index contributed by atoms with van der Waals surface area (Å²) >= 11 is 0. The predicted octanol–water partition coefficient (Wildman–Crippen LogP) is 2.64. The Balaban J connectivity index is 1.74. The zero-order valence-electron chi connectivity index (χ0n) is 15.7. The number of fused-ring (bicyclic) bond motifs is 1. The molecule has 27 heavy (non-hydrogen) atoms. The molecule has 0 amide bonds. The Bertz CT molecular complexity index is 886. The monoisotopic (exact) mass is 386 g/mol. The predicted molar refractivity (Wildman–Crippen MR) is 105 cm³/mol. The molecule has 2 aliphatic rings. The summed E-state index contributed by atoms with van der Waals surface area (Å²) in [5, 5.41) is 0. The van der Waals surface area contributed by atoms with Crippen LogP contribution in [0.1, 0.15) is 19.4 Å². The molecular formula is C21H26N2O3S. The second-order valence-electron chi connectivity index (χ2n) is 7.89. The summed E-state index contributed by atoms with van der Waals surface area (Å²) in [6.07, 6.45) is 0. The molecule has 0 unspecified atom stereocenters. The molecule has 2 heterocycles. The third-order valence-electron chi connectivity index (χ3n) is 5.83. The molecule has 0 aromatic heterocycles. The van der Waals surface area contributed by atoms with Crippen LogP contribution in [0.3, 0.4) is 0 Å². The Labute approximate surface area is 161 Å². The zero-order valence-corrected chi connectivity index (χ0v) is 16.5. The molecule has 0 saturated carbocycles. The first-order valence-corrected chi connectivity index (χ1v) is 10.9. The van der Waals surface area contributed by atoms with Crippen molar-refractivity contribution in [2.75, 3.05) is 13.2 Å². The van der Waals surface area contributed by atoms with Gasteiger partial charge in [0.15, 0.2) is 9.84 Å². The van der Waals surface area contributed by atoms with E-state index in [0.717, 1.165) is 6.54 Å². The Morgan fingerprint density at radius 2 is 1.74 bits per heavy atom. The Morgan fingerprint density at radius 1 is 1.11 bits per heavy atom. The van der Waals surface area contributed by atoms with Gasteiger partial charge in [0, 0.05) is 19.1 Å². The first-order valence-electron chi connectivity index (χ1n) is 9.41. The molecule has 2 fully saturated rings. The van der Waals surface area contributed by atoms with E-state index in [1.807, 2.05) is 24.3 Å². The molecule has 4 rings (SSSR count). The van der Waals surface area contributed by atoms with Crippen LogP contribution in [0.2, 0.25) is 0 Å². The Morgan fingerprint density at radius 3 is 2.37 bits per heavy atom. The van der Waals surface area contributed by atoms with E-state index in [2.05, 4.69) is 36.4 Å². The third kappa shape index (κ3) is 3.01. The van der Waals surface area contributed by atoms with Gasteiger partial charge in [-0.3, -0.25) is 9.74 Å². The summed E-state index contributed by atoms with van der Waals surface area (Å²) in [6.45, 7) is 5.65. The lowest BCUT2D eigenvalue weighted by atomic mass is 9.92. The van der Waals surface area contributed by atoms with Crippen LogP contribution in [0.5, 0.6) is 0 Å². The molecule has 144 valence electrons. The fourth-order valence-corrected chi connectivity index (χ4v) is 6.64. The number of benzene rings is 2. The van der Waals surface area contributed by atoms with Crippen LogP contribution in [0.25, 0.3) is 0 Å². The van der Waals surface area contributed by atoms with E-state index in [4.69, 9.17) is 4.84 Å². The lowest BCUT2D eigenvalue weighted by molar-refractivity contribution is 0.0476.